The third-order valence-corrected chi connectivity index (χ3v) is 2.27. The zero-order valence-corrected chi connectivity index (χ0v) is 9.80. The minimum Gasteiger partial charge on any atom is -0.396 e. The van der Waals surface area contributed by atoms with Crippen LogP contribution in [0.2, 0.25) is 0 Å². The molecule has 86 valence electrons. The smallest absolute Gasteiger partial charge is 0.0466 e. The number of aliphatic hydroxyl groups is 1. The van der Waals surface area contributed by atoms with Crippen LogP contribution in [-0.4, -0.2) is 24.9 Å². The van der Waals surface area contributed by atoms with Crippen molar-refractivity contribution in [2.24, 2.45) is 5.92 Å². The lowest BCUT2D eigenvalue weighted by molar-refractivity contribution is 0.121. The largest absolute Gasteiger partial charge is 0.396 e. The van der Waals surface area contributed by atoms with Crippen molar-refractivity contribution in [2.45, 2.75) is 52.4 Å². The predicted molar refractivity (Wildman–Crippen MR) is 60.4 cm³/mol. The summed E-state index contributed by atoms with van der Waals surface area (Å²) in [5.41, 5.74) is 0. The number of ether oxygens (including phenoxy) is 1. The summed E-state index contributed by atoms with van der Waals surface area (Å²) in [6, 6.07) is 0. The first kappa shape index (κ1) is 13.9. The van der Waals surface area contributed by atoms with Crippen LogP contribution >= 0.6 is 0 Å². The Labute approximate surface area is 88.7 Å². The van der Waals surface area contributed by atoms with Gasteiger partial charge in [0.2, 0.25) is 0 Å². The Kier molecular flexibility index (Phi) is 10.9. The Morgan fingerprint density at radius 1 is 0.929 bits per heavy atom. The fourth-order valence-electron chi connectivity index (χ4n) is 1.35. The predicted octanol–water partition coefficient (Wildman–Crippen LogP) is 2.99. The van der Waals surface area contributed by atoms with Crippen molar-refractivity contribution in [2.75, 3.05) is 19.8 Å². The van der Waals surface area contributed by atoms with Crippen molar-refractivity contribution in [1.29, 1.82) is 0 Å². The molecular weight excluding hydrogens is 176 g/mol. The van der Waals surface area contributed by atoms with E-state index in [1.807, 2.05) is 0 Å². The summed E-state index contributed by atoms with van der Waals surface area (Å²) in [6.45, 7) is 6.53. The highest BCUT2D eigenvalue weighted by atomic mass is 16.5. The van der Waals surface area contributed by atoms with Gasteiger partial charge in [0.05, 0.1) is 0 Å². The molecule has 0 bridgehead atoms. The first-order valence-electron chi connectivity index (χ1n) is 5.96. The van der Waals surface area contributed by atoms with Crippen molar-refractivity contribution in [3.63, 3.8) is 0 Å². The van der Waals surface area contributed by atoms with Crippen LogP contribution in [0.5, 0.6) is 0 Å². The number of rotatable bonds is 10. The lowest BCUT2D eigenvalue weighted by Crippen LogP contribution is -1.98. The van der Waals surface area contributed by atoms with Gasteiger partial charge in [0.15, 0.2) is 0 Å². The van der Waals surface area contributed by atoms with E-state index in [0.717, 1.165) is 32.0 Å². The molecule has 0 amide bonds. The Balaban J connectivity index is 2.85. The number of aliphatic hydroxyl groups excluding tert-OH is 1. The molecule has 0 aliphatic heterocycles. The van der Waals surface area contributed by atoms with E-state index in [1.54, 1.807) is 0 Å². The van der Waals surface area contributed by atoms with Crippen LogP contribution in [0, 0.1) is 5.92 Å². The van der Waals surface area contributed by atoms with Gasteiger partial charge in [0, 0.05) is 19.8 Å². The Bertz CT molecular complexity index is 102. The Morgan fingerprint density at radius 2 is 1.57 bits per heavy atom. The normalized spacial score (nSPS) is 11.1. The van der Waals surface area contributed by atoms with E-state index in [1.165, 1.54) is 25.7 Å². The molecule has 0 rings (SSSR count). The summed E-state index contributed by atoms with van der Waals surface area (Å²) in [4.78, 5) is 0. The van der Waals surface area contributed by atoms with Gasteiger partial charge in [-0.05, 0) is 25.2 Å². The summed E-state index contributed by atoms with van der Waals surface area (Å²) < 4.78 is 5.43. The lowest BCUT2D eigenvalue weighted by Gasteiger charge is -2.05. The van der Waals surface area contributed by atoms with Gasteiger partial charge in [-0.3, -0.25) is 0 Å². The fourth-order valence-corrected chi connectivity index (χ4v) is 1.35. The van der Waals surface area contributed by atoms with Crippen molar-refractivity contribution in [3.05, 3.63) is 0 Å². The second kappa shape index (κ2) is 11.0. The molecule has 0 unspecified atom stereocenters. The maximum Gasteiger partial charge on any atom is 0.0466 e. The summed E-state index contributed by atoms with van der Waals surface area (Å²) in [7, 11) is 0. The zero-order valence-electron chi connectivity index (χ0n) is 9.80. The molecule has 14 heavy (non-hydrogen) atoms. The third kappa shape index (κ3) is 11.9. The maximum atomic E-state index is 8.54. The zero-order chi connectivity index (χ0) is 10.6. The van der Waals surface area contributed by atoms with Crippen molar-refractivity contribution < 1.29 is 9.84 Å². The van der Waals surface area contributed by atoms with Gasteiger partial charge in [-0.2, -0.15) is 0 Å². The molecule has 0 heterocycles. The highest BCUT2D eigenvalue weighted by Crippen LogP contribution is 2.07. The van der Waals surface area contributed by atoms with Gasteiger partial charge in [-0.15, -0.1) is 0 Å². The maximum absolute atomic E-state index is 8.54. The Morgan fingerprint density at radius 3 is 2.14 bits per heavy atom. The molecule has 0 saturated carbocycles. The number of unbranched alkanes of at least 4 members (excludes halogenated alkanes) is 3. The second-order valence-electron chi connectivity index (χ2n) is 4.29. The summed E-state index contributed by atoms with van der Waals surface area (Å²) >= 11 is 0. The second-order valence-corrected chi connectivity index (χ2v) is 4.29. The molecule has 1 N–H and O–H groups in total. The molecule has 0 aromatic heterocycles. The van der Waals surface area contributed by atoms with E-state index in [0.29, 0.717) is 0 Å². The van der Waals surface area contributed by atoms with E-state index in [9.17, 15) is 0 Å². The van der Waals surface area contributed by atoms with Crippen LogP contribution in [-0.2, 0) is 4.74 Å². The molecule has 0 radical (unpaired) electrons. The monoisotopic (exact) mass is 202 g/mol. The molecule has 2 nitrogen and oxygen atoms in total. The average Bonchev–Trinajstić information content (AvgIpc) is 2.15. The van der Waals surface area contributed by atoms with Crippen LogP contribution in [0.3, 0.4) is 0 Å². The lowest BCUT2D eigenvalue weighted by atomic mass is 10.1. The molecule has 0 spiro atoms. The van der Waals surface area contributed by atoms with E-state index < -0.39 is 0 Å². The van der Waals surface area contributed by atoms with E-state index in [4.69, 9.17) is 9.84 Å². The standard InChI is InChI=1S/C12H26O2/c1-12(2)8-4-3-6-10-14-11-7-5-9-13/h12-13H,3-11H2,1-2H3. The summed E-state index contributed by atoms with van der Waals surface area (Å²) in [6.07, 6.45) is 7.00. The van der Waals surface area contributed by atoms with Gasteiger partial charge < -0.3 is 9.84 Å². The highest BCUT2D eigenvalue weighted by Gasteiger charge is 1.94. The molecule has 2 heteroatoms. The first-order valence-corrected chi connectivity index (χ1v) is 5.96. The van der Waals surface area contributed by atoms with E-state index in [-0.39, 0.29) is 6.61 Å². The minimum atomic E-state index is 0.289. The molecule has 0 atom stereocenters. The summed E-state index contributed by atoms with van der Waals surface area (Å²) in [5, 5.41) is 8.54. The summed E-state index contributed by atoms with van der Waals surface area (Å²) in [5.74, 6) is 0.834. The quantitative estimate of drug-likeness (QED) is 0.552. The SMILES string of the molecule is CC(C)CCCCCOCCCCO. The number of hydrogen-bond acceptors (Lipinski definition) is 2. The fraction of sp³-hybridized carbons (Fsp3) is 1.00. The molecule has 0 aliphatic carbocycles. The number of hydrogen-bond donors (Lipinski definition) is 1. The molecule has 0 saturated heterocycles. The van der Waals surface area contributed by atoms with Crippen LogP contribution in [0.25, 0.3) is 0 Å². The van der Waals surface area contributed by atoms with Gasteiger partial charge in [0.1, 0.15) is 0 Å². The van der Waals surface area contributed by atoms with Crippen molar-refractivity contribution in [3.8, 4) is 0 Å². The van der Waals surface area contributed by atoms with E-state index in [2.05, 4.69) is 13.8 Å². The topological polar surface area (TPSA) is 29.5 Å². The van der Waals surface area contributed by atoms with Crippen LogP contribution in [0.15, 0.2) is 0 Å². The van der Waals surface area contributed by atoms with Gasteiger partial charge in [0.25, 0.3) is 0 Å². The first-order chi connectivity index (χ1) is 6.77. The van der Waals surface area contributed by atoms with Crippen molar-refractivity contribution in [1.82, 2.24) is 0 Å². The Hall–Kier alpha value is -0.0800. The van der Waals surface area contributed by atoms with Gasteiger partial charge in [-0.25, -0.2) is 0 Å². The van der Waals surface area contributed by atoms with Crippen LogP contribution in [0.4, 0.5) is 0 Å². The van der Waals surface area contributed by atoms with Gasteiger partial charge >= 0.3 is 0 Å². The molecule has 0 fully saturated rings. The average molecular weight is 202 g/mol. The van der Waals surface area contributed by atoms with Crippen LogP contribution < -0.4 is 0 Å². The van der Waals surface area contributed by atoms with Gasteiger partial charge in [-0.1, -0.05) is 33.1 Å². The highest BCUT2D eigenvalue weighted by molar-refractivity contribution is 4.47. The van der Waals surface area contributed by atoms with Crippen molar-refractivity contribution >= 4 is 0 Å². The van der Waals surface area contributed by atoms with Crippen LogP contribution in [0.1, 0.15) is 52.4 Å². The molecule has 0 aromatic carbocycles. The minimum absolute atomic E-state index is 0.289. The molecule has 0 aromatic rings. The third-order valence-electron chi connectivity index (χ3n) is 2.27. The molecular formula is C12H26O2. The molecule has 0 aliphatic rings. The van der Waals surface area contributed by atoms with E-state index >= 15 is 0 Å².